The van der Waals surface area contributed by atoms with Gasteiger partial charge in [0.15, 0.2) is 0 Å². The van der Waals surface area contributed by atoms with E-state index in [1.807, 2.05) is 4.90 Å². The maximum Gasteiger partial charge on any atom is 0.141 e. The molecule has 7 heteroatoms. The van der Waals surface area contributed by atoms with Crippen LogP contribution >= 0.6 is 0 Å². The lowest BCUT2D eigenvalue weighted by Gasteiger charge is -2.21. The van der Waals surface area contributed by atoms with Crippen molar-refractivity contribution in [2.75, 3.05) is 13.1 Å². The largest absolute Gasteiger partial charge is 0.382 e. The van der Waals surface area contributed by atoms with E-state index in [0.717, 1.165) is 5.56 Å². The molecule has 6 nitrogen and oxygen atoms in total. The molecule has 0 bridgehead atoms. The zero-order valence-corrected chi connectivity index (χ0v) is 11.3. The topological polar surface area (TPSA) is 88.8 Å². The monoisotopic (exact) mass is 287 g/mol. The Balaban J connectivity index is 1.70. The van der Waals surface area contributed by atoms with Crippen LogP contribution < -0.4 is 0 Å². The lowest BCUT2D eigenvalue weighted by atomic mass is 10.00. The highest BCUT2D eigenvalue weighted by atomic mass is 19.1. The summed E-state index contributed by atoms with van der Waals surface area (Å²) in [5.74, 6) is -0.513. The van der Waals surface area contributed by atoms with Crippen molar-refractivity contribution in [3.8, 4) is 6.07 Å². The van der Waals surface area contributed by atoms with Crippen LogP contribution in [0.5, 0.6) is 0 Å². The van der Waals surface area contributed by atoms with Gasteiger partial charge in [-0.15, -0.1) is 0 Å². The van der Waals surface area contributed by atoms with Crippen molar-refractivity contribution in [3.05, 3.63) is 47.0 Å². The number of aromatic amines is 1. The third kappa shape index (κ3) is 2.63. The maximum atomic E-state index is 13.6. The number of β-amino-alcohol motifs (C(OH)–C–C–N with tert-alkyl or cyclic N) is 1. The molecule has 3 rings (SSSR count). The molecule has 1 saturated heterocycles. The van der Waals surface area contributed by atoms with Gasteiger partial charge >= 0.3 is 0 Å². The van der Waals surface area contributed by atoms with Crippen LogP contribution in [0.1, 0.15) is 23.2 Å². The molecular weight excluding hydrogens is 273 g/mol. The average molecular weight is 287 g/mol. The normalized spacial score (nSPS) is 22.3. The van der Waals surface area contributed by atoms with Crippen molar-refractivity contribution >= 4 is 0 Å². The van der Waals surface area contributed by atoms with Crippen LogP contribution in [0.2, 0.25) is 0 Å². The average Bonchev–Trinajstić information content (AvgIpc) is 3.10. The molecule has 0 spiro atoms. The van der Waals surface area contributed by atoms with Gasteiger partial charge in [0.2, 0.25) is 0 Å². The maximum absolute atomic E-state index is 13.6. The zero-order chi connectivity index (χ0) is 14.9. The minimum atomic E-state index is -1.02. The Labute approximate surface area is 120 Å². The van der Waals surface area contributed by atoms with E-state index in [1.165, 1.54) is 18.3 Å². The van der Waals surface area contributed by atoms with Gasteiger partial charge in [0, 0.05) is 19.6 Å². The molecular formula is C14H14FN5O. The molecule has 0 aliphatic carbocycles. The Morgan fingerprint density at radius 1 is 1.52 bits per heavy atom. The summed E-state index contributed by atoms with van der Waals surface area (Å²) >= 11 is 0. The Kier molecular flexibility index (Phi) is 3.41. The molecule has 1 atom stereocenters. The van der Waals surface area contributed by atoms with Gasteiger partial charge in [-0.25, -0.2) is 4.39 Å². The number of likely N-dealkylation sites (tertiary alicyclic amines) is 1. The first-order valence-electron chi connectivity index (χ1n) is 6.60. The van der Waals surface area contributed by atoms with E-state index in [9.17, 15) is 9.50 Å². The summed E-state index contributed by atoms with van der Waals surface area (Å²) in [5.41, 5.74) is 0.323. The molecule has 0 saturated carbocycles. The van der Waals surface area contributed by atoms with Crippen LogP contribution in [0.4, 0.5) is 4.39 Å². The fourth-order valence-electron chi connectivity index (χ4n) is 2.65. The Morgan fingerprint density at radius 2 is 2.38 bits per heavy atom. The van der Waals surface area contributed by atoms with Crippen LogP contribution in [0.3, 0.4) is 0 Å². The van der Waals surface area contributed by atoms with Crippen molar-refractivity contribution in [2.45, 2.75) is 18.6 Å². The van der Waals surface area contributed by atoms with Crippen molar-refractivity contribution in [1.82, 2.24) is 20.3 Å². The summed E-state index contributed by atoms with van der Waals surface area (Å²) in [5, 5.41) is 29.4. The van der Waals surface area contributed by atoms with Crippen LogP contribution in [0.25, 0.3) is 0 Å². The smallest absolute Gasteiger partial charge is 0.141 e. The highest BCUT2D eigenvalue weighted by molar-refractivity contribution is 5.33. The van der Waals surface area contributed by atoms with Gasteiger partial charge in [-0.2, -0.15) is 20.7 Å². The second kappa shape index (κ2) is 5.24. The summed E-state index contributed by atoms with van der Waals surface area (Å²) in [6.07, 6.45) is 2.07. The molecule has 0 unspecified atom stereocenters. The van der Waals surface area contributed by atoms with E-state index in [1.54, 1.807) is 12.1 Å². The number of hydrogen-bond acceptors (Lipinski definition) is 5. The molecule has 0 amide bonds. The number of aliphatic hydroxyl groups is 1. The van der Waals surface area contributed by atoms with Crippen molar-refractivity contribution in [1.29, 1.82) is 5.26 Å². The van der Waals surface area contributed by atoms with Gasteiger partial charge in [0.25, 0.3) is 0 Å². The van der Waals surface area contributed by atoms with Crippen molar-refractivity contribution in [3.63, 3.8) is 0 Å². The van der Waals surface area contributed by atoms with Crippen LogP contribution in [0.15, 0.2) is 24.4 Å². The molecule has 1 aromatic heterocycles. The number of aromatic nitrogens is 3. The highest BCUT2D eigenvalue weighted by Gasteiger charge is 2.39. The predicted molar refractivity (Wildman–Crippen MR) is 71.3 cm³/mol. The lowest BCUT2D eigenvalue weighted by molar-refractivity contribution is 0.0408. The van der Waals surface area contributed by atoms with E-state index >= 15 is 0 Å². The Hall–Kier alpha value is -2.30. The molecule has 2 N–H and O–H groups in total. The number of nitrogens with zero attached hydrogens (tertiary/aromatic N) is 4. The summed E-state index contributed by atoms with van der Waals surface area (Å²) in [6.45, 7) is 1.62. The third-order valence-corrected chi connectivity index (χ3v) is 3.78. The van der Waals surface area contributed by atoms with E-state index in [-0.39, 0.29) is 5.56 Å². The van der Waals surface area contributed by atoms with E-state index in [2.05, 4.69) is 15.4 Å². The number of H-pyrrole nitrogens is 1. The van der Waals surface area contributed by atoms with Gasteiger partial charge in [-0.05, 0) is 24.1 Å². The van der Waals surface area contributed by atoms with Gasteiger partial charge in [-0.1, -0.05) is 6.07 Å². The summed E-state index contributed by atoms with van der Waals surface area (Å²) < 4.78 is 13.6. The standard InChI is InChI=1S/C14H14FN5O/c15-12-5-10(1-2-11(12)6-16)8-20-4-3-14(21,9-20)13-7-17-19-18-13/h1-2,5,7,21H,3-4,8-9H2,(H,17,18,19)/t14-/m1/s1. The Morgan fingerprint density at radius 3 is 3.05 bits per heavy atom. The summed E-state index contributed by atoms with van der Waals surface area (Å²) in [4.78, 5) is 2.02. The van der Waals surface area contributed by atoms with Gasteiger partial charge < -0.3 is 5.11 Å². The quantitative estimate of drug-likeness (QED) is 0.876. The van der Waals surface area contributed by atoms with E-state index < -0.39 is 11.4 Å². The van der Waals surface area contributed by atoms with Crippen molar-refractivity contribution in [2.24, 2.45) is 0 Å². The van der Waals surface area contributed by atoms with Gasteiger partial charge in [-0.3, -0.25) is 4.90 Å². The minimum absolute atomic E-state index is 0.0410. The predicted octanol–water partition coefficient (Wildman–Crippen LogP) is 0.909. The number of benzene rings is 1. The zero-order valence-electron chi connectivity index (χ0n) is 11.3. The number of nitrogens with one attached hydrogen (secondary N) is 1. The number of nitriles is 1. The number of halogens is 1. The van der Waals surface area contributed by atoms with Gasteiger partial charge in [0.05, 0.1) is 11.8 Å². The molecule has 108 valence electrons. The molecule has 2 heterocycles. The Bertz CT molecular complexity index is 681. The SMILES string of the molecule is N#Cc1ccc(CN2CC[C@](O)(c3cn[nH]n3)C2)cc1F. The first-order chi connectivity index (χ1) is 10.1. The fourth-order valence-corrected chi connectivity index (χ4v) is 2.65. The molecule has 21 heavy (non-hydrogen) atoms. The van der Waals surface area contributed by atoms with Crippen LogP contribution in [0, 0.1) is 17.1 Å². The first kappa shape index (κ1) is 13.7. The molecule has 2 aromatic rings. The lowest BCUT2D eigenvalue weighted by Crippen LogP contribution is -2.31. The second-order valence-electron chi connectivity index (χ2n) is 5.27. The summed E-state index contributed by atoms with van der Waals surface area (Å²) in [6, 6.07) is 6.38. The molecule has 1 aliphatic rings. The molecule has 1 aromatic carbocycles. The third-order valence-electron chi connectivity index (χ3n) is 3.78. The molecule has 1 fully saturated rings. The van der Waals surface area contributed by atoms with Crippen LogP contribution in [-0.4, -0.2) is 38.5 Å². The summed E-state index contributed by atoms with van der Waals surface area (Å²) in [7, 11) is 0. The molecule has 1 aliphatic heterocycles. The second-order valence-corrected chi connectivity index (χ2v) is 5.27. The highest BCUT2D eigenvalue weighted by Crippen LogP contribution is 2.31. The number of rotatable bonds is 3. The van der Waals surface area contributed by atoms with E-state index in [0.29, 0.717) is 31.7 Å². The first-order valence-corrected chi connectivity index (χ1v) is 6.60. The fraction of sp³-hybridized carbons (Fsp3) is 0.357. The number of hydrogen-bond donors (Lipinski definition) is 2. The van der Waals surface area contributed by atoms with Crippen LogP contribution in [-0.2, 0) is 12.1 Å². The minimum Gasteiger partial charge on any atom is -0.382 e. The molecule has 0 radical (unpaired) electrons. The van der Waals surface area contributed by atoms with Crippen molar-refractivity contribution < 1.29 is 9.50 Å². The van der Waals surface area contributed by atoms with Gasteiger partial charge in [0.1, 0.15) is 23.2 Å². The van der Waals surface area contributed by atoms with E-state index in [4.69, 9.17) is 5.26 Å².